The van der Waals surface area contributed by atoms with E-state index in [9.17, 15) is 4.79 Å². The molecule has 1 N–H and O–H groups in total. The monoisotopic (exact) mass is 436 g/mol. The Morgan fingerprint density at radius 2 is 1.81 bits per heavy atom. The Balaban J connectivity index is 1.64. The van der Waals surface area contributed by atoms with Gasteiger partial charge in [0.1, 0.15) is 12.6 Å². The highest BCUT2D eigenvalue weighted by Gasteiger charge is 2.35. The summed E-state index contributed by atoms with van der Waals surface area (Å²) in [5.74, 6) is 0.976. The lowest BCUT2D eigenvalue weighted by molar-refractivity contribution is -0.140. The average Bonchev–Trinajstić information content (AvgIpc) is 3.20. The van der Waals surface area contributed by atoms with E-state index in [0.29, 0.717) is 29.0 Å². The number of hydrogen-bond acceptors (Lipinski definition) is 7. The van der Waals surface area contributed by atoms with Gasteiger partial charge in [-0.1, -0.05) is 72.4 Å². The van der Waals surface area contributed by atoms with Crippen LogP contribution in [0.1, 0.15) is 24.1 Å². The van der Waals surface area contributed by atoms with Crippen LogP contribution in [0.4, 0.5) is 5.95 Å². The maximum absolute atomic E-state index is 13.0. The first-order valence-corrected chi connectivity index (χ1v) is 11.0. The average molecular weight is 437 g/mol. The molecule has 2 aromatic carbocycles. The summed E-state index contributed by atoms with van der Waals surface area (Å²) in [5, 5.41) is 8.60. The van der Waals surface area contributed by atoms with Gasteiger partial charge < -0.3 is 14.8 Å². The summed E-state index contributed by atoms with van der Waals surface area (Å²) in [4.78, 5) is 17.6. The fraction of sp³-hybridized carbons (Fsp3) is 0.261. The molecule has 1 atom stereocenters. The Morgan fingerprint density at radius 3 is 2.52 bits per heavy atom. The number of nitrogens with zero attached hydrogens (tertiary/aromatic N) is 3. The summed E-state index contributed by atoms with van der Waals surface area (Å²) in [7, 11) is 1.57. The number of rotatable bonds is 8. The quantitative estimate of drug-likeness (QED) is 0.324. The summed E-state index contributed by atoms with van der Waals surface area (Å²) in [6.45, 7) is 2.39. The van der Waals surface area contributed by atoms with Crippen LogP contribution in [0, 0.1) is 0 Å². The number of anilines is 1. The predicted octanol–water partition coefficient (Wildman–Crippen LogP) is 4.05. The molecule has 4 rings (SSSR count). The highest BCUT2D eigenvalue weighted by Crippen LogP contribution is 2.36. The van der Waals surface area contributed by atoms with Crippen molar-refractivity contribution in [2.75, 3.05) is 25.6 Å². The lowest BCUT2D eigenvalue weighted by atomic mass is 9.96. The molecule has 1 aliphatic heterocycles. The predicted molar refractivity (Wildman–Crippen MR) is 120 cm³/mol. The van der Waals surface area contributed by atoms with Gasteiger partial charge in [0.2, 0.25) is 11.1 Å². The molecule has 0 spiro atoms. The number of ether oxygens (including phenoxy) is 2. The van der Waals surface area contributed by atoms with Crippen LogP contribution in [-0.2, 0) is 20.0 Å². The number of fused-ring (bicyclic) bond motifs is 1. The Hall–Kier alpha value is -3.10. The van der Waals surface area contributed by atoms with Gasteiger partial charge in [0, 0.05) is 18.6 Å². The minimum absolute atomic E-state index is 0.190. The van der Waals surface area contributed by atoms with Gasteiger partial charge in [0.25, 0.3) is 0 Å². The van der Waals surface area contributed by atoms with Crippen molar-refractivity contribution in [3.8, 4) is 0 Å². The maximum atomic E-state index is 13.0. The molecular weight excluding hydrogens is 412 g/mol. The third-order valence-electron chi connectivity index (χ3n) is 4.90. The van der Waals surface area contributed by atoms with Crippen LogP contribution in [0.5, 0.6) is 0 Å². The molecule has 3 aromatic rings. The SMILES string of the molecule is COCCOC(=O)C1=C(C)Nc2nc(SCc3ccccc3)nn2[C@H]1c1ccccc1. The topological polar surface area (TPSA) is 78.3 Å². The smallest absolute Gasteiger partial charge is 0.338 e. The summed E-state index contributed by atoms with van der Waals surface area (Å²) in [6, 6.07) is 19.6. The molecule has 0 fully saturated rings. The third-order valence-corrected chi connectivity index (χ3v) is 5.81. The van der Waals surface area contributed by atoms with E-state index in [0.717, 1.165) is 11.3 Å². The lowest BCUT2D eigenvalue weighted by Crippen LogP contribution is -2.30. The van der Waals surface area contributed by atoms with Gasteiger partial charge in [0.05, 0.1) is 12.2 Å². The van der Waals surface area contributed by atoms with Crippen molar-refractivity contribution in [3.05, 3.63) is 83.1 Å². The van der Waals surface area contributed by atoms with E-state index in [1.807, 2.05) is 55.5 Å². The van der Waals surface area contributed by atoms with Crippen LogP contribution in [0.3, 0.4) is 0 Å². The molecule has 0 radical (unpaired) electrons. The number of carbonyl (C=O) groups is 1. The number of aromatic nitrogens is 3. The number of allylic oxidation sites excluding steroid dienone is 1. The van der Waals surface area contributed by atoms with Gasteiger partial charge in [-0.25, -0.2) is 9.48 Å². The normalized spacial score (nSPS) is 15.4. The Kier molecular flexibility index (Phi) is 6.69. The number of esters is 1. The number of benzene rings is 2. The Bertz CT molecular complexity index is 1070. The summed E-state index contributed by atoms with van der Waals surface area (Å²) in [6.07, 6.45) is 0. The minimum atomic E-state index is -0.425. The molecule has 1 aromatic heterocycles. The van der Waals surface area contributed by atoms with Crippen LogP contribution in [0.2, 0.25) is 0 Å². The standard InChI is InChI=1S/C23H24N4O3S/c1-16-19(21(28)30-14-13-29-2)20(18-11-7-4-8-12-18)27-22(24-16)25-23(26-27)31-15-17-9-5-3-6-10-17/h3-12,20H,13-15H2,1-2H3,(H,24,25,26)/t20-/m0/s1. The van der Waals surface area contributed by atoms with E-state index in [1.165, 1.54) is 5.56 Å². The van der Waals surface area contributed by atoms with Crippen LogP contribution in [0.15, 0.2) is 77.1 Å². The highest BCUT2D eigenvalue weighted by atomic mass is 32.2. The molecule has 2 heterocycles. The zero-order chi connectivity index (χ0) is 21.6. The molecule has 0 bridgehead atoms. The molecule has 0 unspecified atom stereocenters. The molecule has 8 heteroatoms. The van der Waals surface area contributed by atoms with Crippen molar-refractivity contribution < 1.29 is 14.3 Å². The second-order valence-electron chi connectivity index (χ2n) is 7.04. The van der Waals surface area contributed by atoms with E-state index in [2.05, 4.69) is 22.4 Å². The lowest BCUT2D eigenvalue weighted by Gasteiger charge is -2.28. The van der Waals surface area contributed by atoms with Crippen LogP contribution >= 0.6 is 11.8 Å². The first-order chi connectivity index (χ1) is 15.2. The number of thioether (sulfide) groups is 1. The Morgan fingerprint density at radius 1 is 1.10 bits per heavy atom. The van der Waals surface area contributed by atoms with Gasteiger partial charge in [-0.15, -0.1) is 5.10 Å². The maximum Gasteiger partial charge on any atom is 0.338 e. The van der Waals surface area contributed by atoms with Crippen molar-refractivity contribution in [2.45, 2.75) is 23.9 Å². The van der Waals surface area contributed by atoms with Gasteiger partial charge in [-0.2, -0.15) is 4.98 Å². The van der Waals surface area contributed by atoms with E-state index in [1.54, 1.807) is 23.6 Å². The van der Waals surface area contributed by atoms with Crippen LogP contribution < -0.4 is 5.32 Å². The van der Waals surface area contributed by atoms with E-state index in [4.69, 9.17) is 14.6 Å². The first-order valence-electron chi connectivity index (χ1n) is 9.99. The molecule has 0 amide bonds. The molecule has 0 aliphatic carbocycles. The molecule has 0 saturated carbocycles. The van der Waals surface area contributed by atoms with Crippen LogP contribution in [-0.4, -0.2) is 41.1 Å². The van der Waals surface area contributed by atoms with Crippen molar-refractivity contribution in [1.82, 2.24) is 14.8 Å². The van der Waals surface area contributed by atoms with Crippen LogP contribution in [0.25, 0.3) is 0 Å². The number of hydrogen-bond donors (Lipinski definition) is 1. The van der Waals surface area contributed by atoms with E-state index < -0.39 is 12.0 Å². The first kappa shape index (κ1) is 21.1. The molecule has 0 saturated heterocycles. The summed E-state index contributed by atoms with van der Waals surface area (Å²) < 4.78 is 12.2. The van der Waals surface area contributed by atoms with Crippen molar-refractivity contribution in [2.24, 2.45) is 0 Å². The molecule has 1 aliphatic rings. The summed E-state index contributed by atoms with van der Waals surface area (Å²) in [5.41, 5.74) is 3.35. The third kappa shape index (κ3) is 4.81. The molecule has 7 nitrogen and oxygen atoms in total. The zero-order valence-corrected chi connectivity index (χ0v) is 18.3. The largest absolute Gasteiger partial charge is 0.460 e. The van der Waals surface area contributed by atoms with E-state index in [-0.39, 0.29) is 6.61 Å². The van der Waals surface area contributed by atoms with Gasteiger partial charge >= 0.3 is 5.97 Å². The zero-order valence-electron chi connectivity index (χ0n) is 17.4. The second-order valence-corrected chi connectivity index (χ2v) is 7.98. The van der Waals surface area contributed by atoms with Crippen molar-refractivity contribution in [3.63, 3.8) is 0 Å². The molecule has 31 heavy (non-hydrogen) atoms. The van der Waals surface area contributed by atoms with Gasteiger partial charge in [0.15, 0.2) is 0 Å². The highest BCUT2D eigenvalue weighted by molar-refractivity contribution is 7.98. The van der Waals surface area contributed by atoms with Gasteiger partial charge in [-0.05, 0) is 18.1 Å². The summed E-state index contributed by atoms with van der Waals surface area (Å²) >= 11 is 1.56. The van der Waals surface area contributed by atoms with Gasteiger partial charge in [-0.3, -0.25) is 0 Å². The number of nitrogens with one attached hydrogen (secondary N) is 1. The number of methoxy groups -OCH3 is 1. The van der Waals surface area contributed by atoms with Crippen molar-refractivity contribution in [1.29, 1.82) is 0 Å². The second kappa shape index (κ2) is 9.80. The molecular formula is C23H24N4O3S. The fourth-order valence-corrected chi connectivity index (χ4v) is 4.20. The van der Waals surface area contributed by atoms with Crippen molar-refractivity contribution >= 4 is 23.7 Å². The molecule has 160 valence electrons. The Labute approximate surface area is 185 Å². The van der Waals surface area contributed by atoms with E-state index >= 15 is 0 Å². The minimum Gasteiger partial charge on any atom is -0.460 e. The number of carbonyl (C=O) groups excluding carboxylic acids is 1. The fourth-order valence-electron chi connectivity index (χ4n) is 3.42.